The van der Waals surface area contributed by atoms with E-state index in [-0.39, 0.29) is 0 Å². The molecule has 0 unspecified atom stereocenters. The smallest absolute Gasteiger partial charge is 0.145 e. The monoisotopic (exact) mass is 260 g/mol. The van der Waals surface area contributed by atoms with Gasteiger partial charge in [-0.2, -0.15) is 0 Å². The van der Waals surface area contributed by atoms with Crippen LogP contribution in [0.4, 0.5) is 4.39 Å². The summed E-state index contributed by atoms with van der Waals surface area (Å²) in [6.45, 7) is 1.84. The minimum absolute atomic E-state index is 0.322. The first kappa shape index (κ1) is 11.5. The normalized spacial score (nSPS) is 14.9. The van der Waals surface area contributed by atoms with Crippen molar-refractivity contribution in [2.24, 2.45) is 0 Å². The number of halogens is 2. The van der Waals surface area contributed by atoms with E-state index in [4.69, 9.17) is 4.74 Å². The third-order valence-electron chi connectivity index (χ3n) is 2.38. The van der Waals surface area contributed by atoms with Gasteiger partial charge in [-0.3, -0.25) is 0 Å². The number of alkyl halides is 2. The Kier molecular flexibility index (Phi) is 3.93. The van der Waals surface area contributed by atoms with E-state index in [2.05, 4.69) is 15.9 Å². The van der Waals surface area contributed by atoms with Crippen molar-refractivity contribution >= 4 is 15.9 Å². The van der Waals surface area contributed by atoms with Gasteiger partial charge < -0.3 is 4.74 Å². The quantitative estimate of drug-likeness (QED) is 0.751. The molecule has 0 radical (unpaired) electrons. The van der Waals surface area contributed by atoms with Gasteiger partial charge >= 0.3 is 0 Å². The summed E-state index contributed by atoms with van der Waals surface area (Å²) in [7, 11) is 1.60. The first-order chi connectivity index (χ1) is 6.66. The molecule has 3 heteroatoms. The van der Waals surface area contributed by atoms with Gasteiger partial charge in [-0.1, -0.05) is 35.0 Å². The summed E-state index contributed by atoms with van der Waals surface area (Å²) < 4.78 is 19.1. The summed E-state index contributed by atoms with van der Waals surface area (Å²) in [5, 5.41) is 0.322. The number of methoxy groups -OCH3 is 1. The van der Waals surface area contributed by atoms with E-state index in [9.17, 15) is 4.39 Å². The van der Waals surface area contributed by atoms with Crippen LogP contribution in [-0.2, 0) is 5.67 Å². The summed E-state index contributed by atoms with van der Waals surface area (Å²) in [6.07, 6.45) is 0.463. The van der Waals surface area contributed by atoms with Crippen molar-refractivity contribution in [3.63, 3.8) is 0 Å². The molecule has 1 rings (SSSR count). The highest BCUT2D eigenvalue weighted by Crippen LogP contribution is 2.32. The van der Waals surface area contributed by atoms with Crippen molar-refractivity contribution in [2.75, 3.05) is 12.4 Å². The Morgan fingerprint density at radius 3 is 2.29 bits per heavy atom. The molecule has 0 aliphatic carbocycles. The molecule has 0 aliphatic rings. The highest BCUT2D eigenvalue weighted by atomic mass is 79.9. The average molecular weight is 261 g/mol. The van der Waals surface area contributed by atoms with E-state index in [1.165, 1.54) is 0 Å². The van der Waals surface area contributed by atoms with Crippen LogP contribution in [0.2, 0.25) is 0 Å². The molecule has 0 N–H and O–H groups in total. The van der Waals surface area contributed by atoms with E-state index >= 15 is 0 Å². The van der Waals surface area contributed by atoms with Gasteiger partial charge in [0.25, 0.3) is 0 Å². The zero-order valence-corrected chi connectivity index (χ0v) is 9.97. The van der Waals surface area contributed by atoms with Crippen molar-refractivity contribution in [3.05, 3.63) is 29.8 Å². The fourth-order valence-corrected chi connectivity index (χ4v) is 1.99. The van der Waals surface area contributed by atoms with Gasteiger partial charge in [0.15, 0.2) is 0 Å². The minimum Gasteiger partial charge on any atom is -0.497 e. The first-order valence-corrected chi connectivity index (χ1v) is 5.68. The Balaban J connectivity index is 2.95. The Morgan fingerprint density at radius 2 is 1.93 bits per heavy atom. The van der Waals surface area contributed by atoms with Gasteiger partial charge in [-0.15, -0.1) is 0 Å². The maximum atomic E-state index is 14.1. The number of ether oxygens (including phenoxy) is 1. The van der Waals surface area contributed by atoms with E-state index in [0.717, 1.165) is 5.75 Å². The number of hydrogen-bond donors (Lipinski definition) is 0. The molecule has 0 aliphatic heterocycles. The van der Waals surface area contributed by atoms with Crippen LogP contribution in [0.15, 0.2) is 24.3 Å². The SMILES string of the molecule is CC[C@@](F)(CBr)c1ccc(OC)cc1. The lowest BCUT2D eigenvalue weighted by atomic mass is 9.95. The van der Waals surface area contributed by atoms with Gasteiger partial charge in [0.05, 0.1) is 7.11 Å². The molecule has 78 valence electrons. The van der Waals surface area contributed by atoms with E-state index < -0.39 is 5.67 Å². The maximum absolute atomic E-state index is 14.1. The lowest BCUT2D eigenvalue weighted by Gasteiger charge is -2.21. The summed E-state index contributed by atoms with van der Waals surface area (Å²) in [5.41, 5.74) is -0.579. The van der Waals surface area contributed by atoms with Gasteiger partial charge in [0.2, 0.25) is 0 Å². The molecule has 0 spiro atoms. The highest BCUT2D eigenvalue weighted by molar-refractivity contribution is 9.09. The van der Waals surface area contributed by atoms with Crippen LogP contribution in [0.25, 0.3) is 0 Å². The zero-order chi connectivity index (χ0) is 10.6. The van der Waals surface area contributed by atoms with Crippen molar-refractivity contribution in [2.45, 2.75) is 19.0 Å². The van der Waals surface area contributed by atoms with E-state index in [0.29, 0.717) is 17.3 Å². The van der Waals surface area contributed by atoms with Gasteiger partial charge in [0, 0.05) is 5.33 Å². The standard InChI is InChI=1S/C11H14BrFO/c1-3-11(13,8-12)9-4-6-10(14-2)7-5-9/h4-7H,3,8H2,1-2H3/t11-/m1/s1. The molecule has 1 aromatic rings. The fraction of sp³-hybridized carbons (Fsp3) is 0.455. The summed E-state index contributed by atoms with van der Waals surface area (Å²) in [4.78, 5) is 0. The van der Waals surface area contributed by atoms with Crippen molar-refractivity contribution in [1.29, 1.82) is 0 Å². The molecular formula is C11H14BrFO. The third-order valence-corrected chi connectivity index (χ3v) is 3.27. The molecule has 1 nitrogen and oxygen atoms in total. The van der Waals surface area contributed by atoms with Crippen LogP contribution in [0.5, 0.6) is 5.75 Å². The fourth-order valence-electron chi connectivity index (χ4n) is 1.27. The summed E-state index contributed by atoms with van der Waals surface area (Å²) in [6, 6.07) is 7.09. The predicted octanol–water partition coefficient (Wildman–Crippen LogP) is 3.66. The predicted molar refractivity (Wildman–Crippen MR) is 59.9 cm³/mol. The molecule has 0 fully saturated rings. The lowest BCUT2D eigenvalue weighted by molar-refractivity contribution is 0.194. The Morgan fingerprint density at radius 1 is 1.36 bits per heavy atom. The van der Waals surface area contributed by atoms with Crippen molar-refractivity contribution in [3.8, 4) is 5.75 Å². The van der Waals surface area contributed by atoms with Gasteiger partial charge in [0.1, 0.15) is 11.4 Å². The number of benzene rings is 1. The second-order valence-corrected chi connectivity index (χ2v) is 3.74. The second kappa shape index (κ2) is 4.78. The summed E-state index contributed by atoms with van der Waals surface area (Å²) in [5.74, 6) is 0.752. The van der Waals surface area contributed by atoms with Crippen LogP contribution >= 0.6 is 15.9 Å². The van der Waals surface area contributed by atoms with Crippen LogP contribution in [0.3, 0.4) is 0 Å². The maximum Gasteiger partial charge on any atom is 0.145 e. The summed E-state index contributed by atoms with van der Waals surface area (Å²) >= 11 is 3.20. The molecule has 0 heterocycles. The largest absolute Gasteiger partial charge is 0.497 e. The highest BCUT2D eigenvalue weighted by Gasteiger charge is 2.28. The molecular weight excluding hydrogens is 247 g/mol. The molecule has 1 aromatic carbocycles. The van der Waals surface area contributed by atoms with Crippen LogP contribution in [0, 0.1) is 0 Å². The average Bonchev–Trinajstić information content (AvgIpc) is 2.28. The molecule has 0 bridgehead atoms. The zero-order valence-electron chi connectivity index (χ0n) is 8.39. The van der Waals surface area contributed by atoms with E-state index in [1.807, 2.05) is 6.92 Å². The molecule has 0 saturated heterocycles. The van der Waals surface area contributed by atoms with Crippen molar-refractivity contribution in [1.82, 2.24) is 0 Å². The third kappa shape index (κ3) is 2.27. The number of hydrogen-bond acceptors (Lipinski definition) is 1. The molecule has 0 saturated carbocycles. The Hall–Kier alpha value is -0.570. The van der Waals surface area contributed by atoms with Crippen LogP contribution in [0.1, 0.15) is 18.9 Å². The Bertz CT molecular complexity index is 280. The van der Waals surface area contributed by atoms with Crippen LogP contribution < -0.4 is 4.74 Å². The lowest BCUT2D eigenvalue weighted by Crippen LogP contribution is -2.20. The first-order valence-electron chi connectivity index (χ1n) is 4.55. The molecule has 0 amide bonds. The van der Waals surface area contributed by atoms with Crippen LogP contribution in [-0.4, -0.2) is 12.4 Å². The topological polar surface area (TPSA) is 9.23 Å². The Labute approximate surface area is 92.4 Å². The second-order valence-electron chi connectivity index (χ2n) is 3.18. The minimum atomic E-state index is -1.27. The molecule has 14 heavy (non-hydrogen) atoms. The number of rotatable bonds is 4. The molecule has 1 atom stereocenters. The molecule has 0 aromatic heterocycles. The van der Waals surface area contributed by atoms with Gasteiger partial charge in [-0.05, 0) is 24.1 Å². The van der Waals surface area contributed by atoms with Gasteiger partial charge in [-0.25, -0.2) is 4.39 Å². The van der Waals surface area contributed by atoms with E-state index in [1.54, 1.807) is 31.4 Å². The van der Waals surface area contributed by atoms with Crippen molar-refractivity contribution < 1.29 is 9.13 Å².